The molecule has 0 bridgehead atoms. The predicted molar refractivity (Wildman–Crippen MR) is 68.4 cm³/mol. The third-order valence-electron chi connectivity index (χ3n) is 2.74. The van der Waals surface area contributed by atoms with E-state index in [4.69, 9.17) is 5.26 Å². The monoisotopic (exact) mass is 295 g/mol. The Bertz CT molecular complexity index is 656. The Kier molecular flexibility index (Phi) is 3.91. The number of hydrogen-bond acceptors (Lipinski definition) is 3. The molecule has 1 aromatic carbocycles. The summed E-state index contributed by atoms with van der Waals surface area (Å²) in [5.41, 5.74) is -0.481. The summed E-state index contributed by atoms with van der Waals surface area (Å²) in [4.78, 5) is 12.1. The average molecular weight is 295 g/mol. The zero-order valence-corrected chi connectivity index (χ0v) is 10.8. The molecule has 0 aliphatic carbocycles. The van der Waals surface area contributed by atoms with Crippen LogP contribution in [0.3, 0.4) is 0 Å². The number of thiophene rings is 1. The first-order valence-electron chi connectivity index (χ1n) is 5.56. The van der Waals surface area contributed by atoms with E-state index < -0.39 is 23.4 Å². The zero-order chi connectivity index (χ0) is 14.8. The normalized spacial score (nSPS) is 12.7. The van der Waals surface area contributed by atoms with Crippen molar-refractivity contribution < 1.29 is 18.0 Å². The van der Waals surface area contributed by atoms with Gasteiger partial charge in [0.1, 0.15) is 5.92 Å². The number of alkyl halides is 3. The summed E-state index contributed by atoms with van der Waals surface area (Å²) in [5.74, 6) is -1.72. The minimum Gasteiger partial charge on any atom is -0.292 e. The smallest absolute Gasteiger partial charge is 0.292 e. The second-order valence-corrected chi connectivity index (χ2v) is 4.84. The second-order valence-electron chi connectivity index (χ2n) is 4.06. The Hall–Kier alpha value is -2.13. The van der Waals surface area contributed by atoms with E-state index in [2.05, 4.69) is 0 Å². The summed E-state index contributed by atoms with van der Waals surface area (Å²) in [7, 11) is 0. The molecule has 0 fully saturated rings. The Morgan fingerprint density at radius 2 is 2.05 bits per heavy atom. The molecule has 1 heterocycles. The molecule has 0 N–H and O–H groups in total. The highest BCUT2D eigenvalue weighted by Crippen LogP contribution is 2.31. The van der Waals surface area contributed by atoms with Gasteiger partial charge in [0, 0.05) is 10.9 Å². The van der Waals surface area contributed by atoms with Crippen LogP contribution in [0.25, 0.3) is 0 Å². The van der Waals surface area contributed by atoms with E-state index in [1.807, 2.05) is 0 Å². The van der Waals surface area contributed by atoms with Crippen LogP contribution < -0.4 is 0 Å². The van der Waals surface area contributed by atoms with E-state index >= 15 is 0 Å². The van der Waals surface area contributed by atoms with Gasteiger partial charge < -0.3 is 0 Å². The Morgan fingerprint density at radius 1 is 1.30 bits per heavy atom. The third-order valence-corrected chi connectivity index (χ3v) is 3.43. The molecule has 0 aliphatic rings. The zero-order valence-electron chi connectivity index (χ0n) is 10.0. The van der Waals surface area contributed by atoms with Crippen molar-refractivity contribution in [2.45, 2.75) is 12.1 Å². The van der Waals surface area contributed by atoms with Crippen LogP contribution in [-0.2, 0) is 6.18 Å². The van der Waals surface area contributed by atoms with Crippen LogP contribution in [0.1, 0.15) is 27.4 Å². The SMILES string of the molecule is N#CC(C(=O)c1ccsc1)c1cccc(C(F)(F)F)c1. The van der Waals surface area contributed by atoms with Crippen molar-refractivity contribution in [2.75, 3.05) is 0 Å². The van der Waals surface area contributed by atoms with Crippen molar-refractivity contribution >= 4 is 17.1 Å². The second kappa shape index (κ2) is 5.47. The molecule has 0 saturated carbocycles. The molecule has 2 nitrogen and oxygen atoms in total. The summed E-state index contributed by atoms with van der Waals surface area (Å²) >= 11 is 1.29. The van der Waals surface area contributed by atoms with E-state index in [0.717, 1.165) is 12.1 Å². The maximum atomic E-state index is 12.6. The fraction of sp³-hybridized carbons (Fsp3) is 0.143. The minimum atomic E-state index is -4.50. The lowest BCUT2D eigenvalue weighted by Crippen LogP contribution is -2.12. The molecule has 102 valence electrons. The van der Waals surface area contributed by atoms with Crippen molar-refractivity contribution in [1.29, 1.82) is 5.26 Å². The molecule has 2 aromatic rings. The molecule has 0 radical (unpaired) electrons. The molecule has 20 heavy (non-hydrogen) atoms. The molecule has 1 aromatic heterocycles. The first-order valence-corrected chi connectivity index (χ1v) is 6.51. The van der Waals surface area contributed by atoms with Gasteiger partial charge in [0.15, 0.2) is 5.78 Å². The summed E-state index contributed by atoms with van der Waals surface area (Å²) in [6.45, 7) is 0. The van der Waals surface area contributed by atoms with Gasteiger partial charge in [-0.15, -0.1) is 0 Å². The first-order chi connectivity index (χ1) is 9.43. The van der Waals surface area contributed by atoms with Crippen LogP contribution in [0.5, 0.6) is 0 Å². The lowest BCUT2D eigenvalue weighted by Gasteiger charge is -2.11. The number of nitriles is 1. The molecule has 0 amide bonds. The third kappa shape index (κ3) is 2.89. The van der Waals surface area contributed by atoms with Crippen molar-refractivity contribution in [3.63, 3.8) is 0 Å². The highest BCUT2D eigenvalue weighted by Gasteiger charge is 2.32. The van der Waals surface area contributed by atoms with Gasteiger partial charge in [-0.3, -0.25) is 4.79 Å². The van der Waals surface area contributed by atoms with Gasteiger partial charge in [-0.2, -0.15) is 29.8 Å². The highest BCUT2D eigenvalue weighted by atomic mass is 32.1. The van der Waals surface area contributed by atoms with E-state index in [9.17, 15) is 18.0 Å². The number of benzene rings is 1. The van der Waals surface area contributed by atoms with Crippen molar-refractivity contribution in [2.24, 2.45) is 0 Å². The van der Waals surface area contributed by atoms with E-state index in [0.29, 0.717) is 5.56 Å². The van der Waals surface area contributed by atoms with Crippen LogP contribution in [0, 0.1) is 11.3 Å². The maximum Gasteiger partial charge on any atom is 0.416 e. The van der Waals surface area contributed by atoms with Crippen LogP contribution in [0.2, 0.25) is 0 Å². The largest absolute Gasteiger partial charge is 0.416 e. The number of Topliss-reactive ketones (excluding diaryl/α,β-unsaturated/α-hetero) is 1. The summed E-state index contributed by atoms with van der Waals surface area (Å²) < 4.78 is 37.9. The Morgan fingerprint density at radius 3 is 2.60 bits per heavy atom. The average Bonchev–Trinajstić information content (AvgIpc) is 2.93. The van der Waals surface area contributed by atoms with Crippen LogP contribution in [0.15, 0.2) is 41.1 Å². The standard InChI is InChI=1S/C14H8F3NOS/c15-14(16,17)11-3-1-2-9(6-11)12(7-18)13(19)10-4-5-20-8-10/h1-6,8,12H. The van der Waals surface area contributed by atoms with Gasteiger partial charge >= 0.3 is 6.18 Å². The van der Waals surface area contributed by atoms with Gasteiger partial charge in [-0.1, -0.05) is 18.2 Å². The molecule has 6 heteroatoms. The minimum absolute atomic E-state index is 0.0542. The fourth-order valence-electron chi connectivity index (χ4n) is 1.75. The molecule has 0 spiro atoms. The van der Waals surface area contributed by atoms with Gasteiger partial charge in [0.05, 0.1) is 11.6 Å². The highest BCUT2D eigenvalue weighted by molar-refractivity contribution is 7.08. The number of carbonyl (C=O) groups excluding carboxylic acids is 1. The maximum absolute atomic E-state index is 12.6. The summed E-state index contributed by atoms with van der Waals surface area (Å²) in [6, 6.07) is 7.63. The molecule has 1 unspecified atom stereocenters. The predicted octanol–water partition coefficient (Wildman–Crippen LogP) is 4.26. The Labute approximate surface area is 117 Å². The number of nitrogens with zero attached hydrogens (tertiary/aromatic N) is 1. The van der Waals surface area contributed by atoms with E-state index in [1.165, 1.54) is 23.5 Å². The quantitative estimate of drug-likeness (QED) is 0.794. The lowest BCUT2D eigenvalue weighted by atomic mass is 9.92. The number of halogens is 3. The van der Waals surface area contributed by atoms with Gasteiger partial charge in [-0.25, -0.2) is 0 Å². The first kappa shape index (κ1) is 14.3. The van der Waals surface area contributed by atoms with Crippen molar-refractivity contribution in [1.82, 2.24) is 0 Å². The van der Waals surface area contributed by atoms with Crippen LogP contribution >= 0.6 is 11.3 Å². The van der Waals surface area contributed by atoms with Crippen molar-refractivity contribution in [3.05, 3.63) is 57.8 Å². The molecular formula is C14H8F3NOS. The van der Waals surface area contributed by atoms with Crippen molar-refractivity contribution in [3.8, 4) is 6.07 Å². The van der Waals surface area contributed by atoms with Gasteiger partial charge in [0.25, 0.3) is 0 Å². The lowest BCUT2D eigenvalue weighted by molar-refractivity contribution is -0.137. The van der Waals surface area contributed by atoms with Gasteiger partial charge in [-0.05, 0) is 23.1 Å². The number of carbonyl (C=O) groups is 1. The molecule has 0 saturated heterocycles. The fourth-order valence-corrected chi connectivity index (χ4v) is 2.40. The number of hydrogen-bond donors (Lipinski definition) is 0. The molecule has 1 atom stereocenters. The number of rotatable bonds is 3. The summed E-state index contributed by atoms with van der Waals surface area (Å²) in [6.07, 6.45) is -4.50. The summed E-state index contributed by atoms with van der Waals surface area (Å²) in [5, 5.41) is 12.3. The molecule has 0 aliphatic heterocycles. The van der Waals surface area contributed by atoms with Crippen LogP contribution in [0.4, 0.5) is 13.2 Å². The number of ketones is 1. The van der Waals surface area contributed by atoms with E-state index in [-0.39, 0.29) is 5.56 Å². The van der Waals surface area contributed by atoms with Crippen LogP contribution in [-0.4, -0.2) is 5.78 Å². The molecular weight excluding hydrogens is 287 g/mol. The van der Waals surface area contributed by atoms with E-state index in [1.54, 1.807) is 22.9 Å². The van der Waals surface area contributed by atoms with Gasteiger partial charge in [0.2, 0.25) is 0 Å². The Balaban J connectivity index is 2.39. The topological polar surface area (TPSA) is 40.9 Å². The molecule has 2 rings (SSSR count).